The lowest BCUT2D eigenvalue weighted by Crippen LogP contribution is -2.29. The van der Waals surface area contributed by atoms with Gasteiger partial charge in [0.05, 0.1) is 11.7 Å². The smallest absolute Gasteiger partial charge is 0.221 e. The number of hydrogen-bond donors (Lipinski definition) is 1. The van der Waals surface area contributed by atoms with Gasteiger partial charge in [0.1, 0.15) is 0 Å². The molecular formula is C12H21N3OS. The molecule has 0 aliphatic heterocycles. The average molecular weight is 255 g/mol. The minimum Gasteiger partial charge on any atom is -0.348 e. The Labute approximate surface area is 107 Å². The predicted molar refractivity (Wildman–Crippen MR) is 72.0 cm³/mol. The zero-order valence-electron chi connectivity index (χ0n) is 10.8. The van der Waals surface area contributed by atoms with Crippen LogP contribution in [0, 0.1) is 0 Å². The number of nitrogens with one attached hydrogen (secondary N) is 1. The van der Waals surface area contributed by atoms with Crippen LogP contribution in [0.2, 0.25) is 0 Å². The minimum atomic E-state index is 0.0710. The first-order valence-electron chi connectivity index (χ1n) is 6.04. The third-order valence-corrected chi connectivity index (χ3v) is 3.54. The maximum Gasteiger partial charge on any atom is 0.221 e. The molecule has 0 spiro atoms. The Balaban J connectivity index is 2.47. The summed E-state index contributed by atoms with van der Waals surface area (Å²) < 4.78 is 1.81. The number of nitrogens with zero attached hydrogens (tertiary/aromatic N) is 2. The van der Waals surface area contributed by atoms with E-state index >= 15 is 0 Å². The molecule has 1 amide bonds. The highest BCUT2D eigenvalue weighted by molar-refractivity contribution is 7.99. The summed E-state index contributed by atoms with van der Waals surface area (Å²) in [4.78, 5) is 11.7. The molecule has 1 atom stereocenters. The molecule has 1 heterocycles. The highest BCUT2D eigenvalue weighted by Crippen LogP contribution is 2.15. The average Bonchev–Trinajstić information content (AvgIpc) is 2.73. The first kappa shape index (κ1) is 14.1. The number of amides is 1. The molecule has 0 aliphatic carbocycles. The second kappa shape index (κ2) is 7.37. The second-order valence-electron chi connectivity index (χ2n) is 3.85. The van der Waals surface area contributed by atoms with Crippen LogP contribution < -0.4 is 5.32 Å². The quantitative estimate of drug-likeness (QED) is 0.759. The zero-order valence-corrected chi connectivity index (χ0v) is 11.6. The molecule has 1 unspecified atom stereocenters. The molecule has 0 saturated carbocycles. The van der Waals surface area contributed by atoms with Gasteiger partial charge in [0.15, 0.2) is 0 Å². The van der Waals surface area contributed by atoms with Crippen molar-refractivity contribution in [3.63, 3.8) is 0 Å². The normalized spacial score (nSPS) is 12.4. The van der Waals surface area contributed by atoms with Crippen LogP contribution >= 0.6 is 11.8 Å². The van der Waals surface area contributed by atoms with Crippen molar-refractivity contribution in [3.05, 3.63) is 18.0 Å². The Kier molecular flexibility index (Phi) is 6.11. The number of thioether (sulfide) groups is 1. The van der Waals surface area contributed by atoms with Crippen molar-refractivity contribution in [2.24, 2.45) is 7.05 Å². The summed E-state index contributed by atoms with van der Waals surface area (Å²) in [7, 11) is 1.90. The summed E-state index contributed by atoms with van der Waals surface area (Å²) >= 11 is 1.79. The van der Waals surface area contributed by atoms with Crippen molar-refractivity contribution in [2.75, 3.05) is 11.5 Å². The van der Waals surface area contributed by atoms with Gasteiger partial charge in [0, 0.05) is 25.4 Å². The minimum absolute atomic E-state index is 0.0710. The van der Waals surface area contributed by atoms with Gasteiger partial charge in [-0.15, -0.1) is 0 Å². The van der Waals surface area contributed by atoms with E-state index in [1.807, 2.05) is 17.8 Å². The van der Waals surface area contributed by atoms with Crippen LogP contribution in [-0.4, -0.2) is 27.2 Å². The van der Waals surface area contributed by atoms with Gasteiger partial charge >= 0.3 is 0 Å². The van der Waals surface area contributed by atoms with Crippen LogP contribution in [0.25, 0.3) is 0 Å². The molecule has 4 nitrogen and oxygen atoms in total. The molecule has 17 heavy (non-hydrogen) atoms. The van der Waals surface area contributed by atoms with E-state index in [4.69, 9.17) is 0 Å². The van der Waals surface area contributed by atoms with Gasteiger partial charge in [-0.05, 0) is 18.2 Å². The van der Waals surface area contributed by atoms with Crippen molar-refractivity contribution in [1.29, 1.82) is 0 Å². The molecule has 0 aliphatic rings. The summed E-state index contributed by atoms with van der Waals surface area (Å²) in [5.74, 6) is 2.08. The number of rotatable bonds is 7. The van der Waals surface area contributed by atoms with E-state index in [1.54, 1.807) is 18.0 Å². The lowest BCUT2D eigenvalue weighted by molar-refractivity contribution is -0.121. The lowest BCUT2D eigenvalue weighted by Gasteiger charge is -2.17. The molecule has 0 aromatic carbocycles. The van der Waals surface area contributed by atoms with E-state index < -0.39 is 0 Å². The van der Waals surface area contributed by atoms with E-state index in [0.717, 1.165) is 23.6 Å². The van der Waals surface area contributed by atoms with Crippen LogP contribution in [0.1, 0.15) is 38.4 Å². The summed E-state index contributed by atoms with van der Waals surface area (Å²) in [6, 6.07) is 2.02. The fourth-order valence-corrected chi connectivity index (χ4v) is 2.31. The number of aromatic nitrogens is 2. The molecule has 0 radical (unpaired) electrons. The van der Waals surface area contributed by atoms with Gasteiger partial charge in [0.2, 0.25) is 5.91 Å². The van der Waals surface area contributed by atoms with Crippen LogP contribution in [0.3, 0.4) is 0 Å². The topological polar surface area (TPSA) is 46.9 Å². The molecule has 0 bridgehead atoms. The Morgan fingerprint density at radius 1 is 1.59 bits per heavy atom. The summed E-state index contributed by atoms with van der Waals surface area (Å²) in [6.07, 6.45) is 3.23. The van der Waals surface area contributed by atoms with Gasteiger partial charge in [0.25, 0.3) is 0 Å². The lowest BCUT2D eigenvalue weighted by atomic mass is 10.1. The molecule has 1 aromatic rings. The van der Waals surface area contributed by atoms with Gasteiger partial charge in [-0.1, -0.05) is 13.8 Å². The fraction of sp³-hybridized carbons (Fsp3) is 0.667. The number of carbonyl (C=O) groups is 1. The molecule has 1 aromatic heterocycles. The van der Waals surface area contributed by atoms with Crippen molar-refractivity contribution >= 4 is 17.7 Å². The largest absolute Gasteiger partial charge is 0.348 e. The van der Waals surface area contributed by atoms with Crippen molar-refractivity contribution in [1.82, 2.24) is 15.1 Å². The third-order valence-electron chi connectivity index (χ3n) is 2.64. The van der Waals surface area contributed by atoms with Crippen LogP contribution in [-0.2, 0) is 11.8 Å². The first-order chi connectivity index (χ1) is 8.19. The number of aryl methyl sites for hydroxylation is 1. The third kappa shape index (κ3) is 4.42. The van der Waals surface area contributed by atoms with Crippen molar-refractivity contribution in [3.8, 4) is 0 Å². The Bertz CT molecular complexity index is 351. The molecule has 1 rings (SSSR count). The molecule has 5 heteroatoms. The summed E-state index contributed by atoms with van der Waals surface area (Å²) in [5, 5.41) is 7.19. The van der Waals surface area contributed by atoms with E-state index in [9.17, 15) is 4.79 Å². The number of hydrogen-bond acceptors (Lipinski definition) is 3. The van der Waals surface area contributed by atoms with Gasteiger partial charge in [-0.25, -0.2) is 0 Å². The van der Waals surface area contributed by atoms with Gasteiger partial charge in [-0.2, -0.15) is 16.9 Å². The molecule has 1 N–H and O–H groups in total. The molecule has 0 fully saturated rings. The SMILES string of the molecule is CCSCCC(=O)NC(CC)c1ccnn1C. The summed E-state index contributed by atoms with van der Waals surface area (Å²) in [6.45, 7) is 4.17. The highest BCUT2D eigenvalue weighted by atomic mass is 32.2. The monoisotopic (exact) mass is 255 g/mol. The first-order valence-corrected chi connectivity index (χ1v) is 7.19. The van der Waals surface area contributed by atoms with Gasteiger partial charge in [-0.3, -0.25) is 9.48 Å². The van der Waals surface area contributed by atoms with E-state index in [0.29, 0.717) is 6.42 Å². The van der Waals surface area contributed by atoms with Gasteiger partial charge < -0.3 is 5.32 Å². The fourth-order valence-electron chi connectivity index (χ4n) is 1.69. The molecule has 0 saturated heterocycles. The van der Waals surface area contributed by atoms with E-state index in [-0.39, 0.29) is 11.9 Å². The van der Waals surface area contributed by atoms with Crippen molar-refractivity contribution < 1.29 is 4.79 Å². The number of carbonyl (C=O) groups excluding carboxylic acids is 1. The second-order valence-corrected chi connectivity index (χ2v) is 5.25. The van der Waals surface area contributed by atoms with E-state index in [2.05, 4.69) is 24.3 Å². The standard InChI is InChI=1S/C12H21N3OS/c1-4-10(11-6-8-13-15(11)3)14-12(16)7-9-17-5-2/h6,8,10H,4-5,7,9H2,1-3H3,(H,14,16). The van der Waals surface area contributed by atoms with Crippen molar-refractivity contribution in [2.45, 2.75) is 32.7 Å². The van der Waals surface area contributed by atoms with Crippen LogP contribution in [0.5, 0.6) is 0 Å². The maximum atomic E-state index is 11.7. The Hall–Kier alpha value is -0.970. The zero-order chi connectivity index (χ0) is 12.7. The molecule has 96 valence electrons. The highest BCUT2D eigenvalue weighted by Gasteiger charge is 2.15. The predicted octanol–water partition coefficient (Wildman–Crippen LogP) is 2.13. The van der Waals surface area contributed by atoms with E-state index in [1.165, 1.54) is 0 Å². The Morgan fingerprint density at radius 2 is 2.35 bits per heavy atom. The Morgan fingerprint density at radius 3 is 2.88 bits per heavy atom. The molecular weight excluding hydrogens is 234 g/mol. The maximum absolute atomic E-state index is 11.7. The van der Waals surface area contributed by atoms with Crippen LogP contribution in [0.15, 0.2) is 12.3 Å². The van der Waals surface area contributed by atoms with Crippen LogP contribution in [0.4, 0.5) is 0 Å². The summed E-state index contributed by atoms with van der Waals surface area (Å²) in [5.41, 5.74) is 1.06.